The molecule has 0 aliphatic heterocycles. The first kappa shape index (κ1) is 37.8. The van der Waals surface area contributed by atoms with Crippen LogP contribution in [0.5, 0.6) is 5.88 Å². The fraction of sp³-hybridized carbons (Fsp3) is 0.286. The fourth-order valence-corrected chi connectivity index (χ4v) is 3.79. The highest BCUT2D eigenvalue weighted by Crippen LogP contribution is 2.27. The van der Waals surface area contributed by atoms with Crippen molar-refractivity contribution in [3.8, 4) is 5.88 Å². The molecule has 0 aliphatic carbocycles. The van der Waals surface area contributed by atoms with Crippen LogP contribution in [0.1, 0.15) is 32.6 Å². The number of nitrogens with one attached hydrogen (secondary N) is 1. The number of amides is 1. The summed E-state index contributed by atoms with van der Waals surface area (Å²) in [5.41, 5.74) is 5.96. The molecule has 240 valence electrons. The van der Waals surface area contributed by atoms with Crippen LogP contribution in [0.3, 0.4) is 0 Å². The van der Waals surface area contributed by atoms with Crippen LogP contribution in [0.15, 0.2) is 48.5 Å². The lowest BCUT2D eigenvalue weighted by molar-refractivity contribution is 0.0997. The summed E-state index contributed by atoms with van der Waals surface area (Å²) in [6, 6.07) is 2.86. The van der Waals surface area contributed by atoms with Gasteiger partial charge in [0.1, 0.15) is 10.3 Å². The number of aromatic amines is 1. The van der Waals surface area contributed by atoms with Crippen molar-refractivity contribution in [1.82, 2.24) is 28.2 Å². The molecule has 15 nitrogen and oxygen atoms in total. The Hall–Kier alpha value is -5.20. The summed E-state index contributed by atoms with van der Waals surface area (Å²) in [5, 5.41) is 9.54. The number of primary amides is 1. The Morgan fingerprint density at radius 3 is 1.67 bits per heavy atom. The first-order chi connectivity index (χ1) is 20.7. The molecule has 0 unspecified atom stereocenters. The lowest BCUT2D eigenvalue weighted by Gasteiger charge is -2.01. The zero-order chi connectivity index (χ0) is 34.9. The highest BCUT2D eigenvalue weighted by molar-refractivity contribution is 6.34. The van der Waals surface area contributed by atoms with Gasteiger partial charge in [-0.25, -0.2) is 19.4 Å². The maximum atomic E-state index is 11.1. The van der Waals surface area contributed by atoms with Crippen LogP contribution in [-0.4, -0.2) is 39.3 Å². The Bertz CT molecular complexity index is 1940. The molecule has 45 heavy (non-hydrogen) atoms. The van der Waals surface area contributed by atoms with E-state index in [4.69, 9.17) is 40.6 Å². The van der Waals surface area contributed by atoms with E-state index < -0.39 is 17.3 Å². The molecule has 4 N–H and O–H groups in total. The van der Waals surface area contributed by atoms with Crippen LogP contribution in [0.2, 0.25) is 10.3 Å². The number of nitrogens with two attached hydrogens (primary N) is 1. The van der Waals surface area contributed by atoms with E-state index in [9.17, 15) is 28.8 Å². The number of aromatic nitrogens is 6. The van der Waals surface area contributed by atoms with E-state index in [1.807, 2.05) is 0 Å². The quantitative estimate of drug-likeness (QED) is 0.201. The lowest BCUT2D eigenvalue weighted by atomic mass is 10.2. The van der Waals surface area contributed by atoms with Crippen LogP contribution >= 0.6 is 23.2 Å². The van der Waals surface area contributed by atoms with Crippen molar-refractivity contribution >= 4 is 34.8 Å². The van der Waals surface area contributed by atoms with E-state index in [2.05, 4.69) is 14.8 Å². The number of carbonyl (C=O) groups excluding carboxylic acids is 1. The Balaban J connectivity index is 0.000000300. The number of hydrogen-bond donors (Lipinski definition) is 3. The molecule has 4 aromatic rings. The molecule has 17 heteroatoms. The Morgan fingerprint density at radius 2 is 1.27 bits per heavy atom. The number of carbonyl (C=O) groups is 1. The van der Waals surface area contributed by atoms with Gasteiger partial charge in [-0.1, -0.05) is 23.2 Å². The Labute approximate surface area is 266 Å². The summed E-state index contributed by atoms with van der Waals surface area (Å²) in [5.74, 6) is -1.26. The molecule has 4 aromatic heterocycles. The molecule has 4 heterocycles. The Morgan fingerprint density at radius 1 is 0.822 bits per heavy atom. The average Bonchev–Trinajstić information content (AvgIpc) is 2.97. The summed E-state index contributed by atoms with van der Waals surface area (Å²) in [4.78, 5) is 74.8. The summed E-state index contributed by atoms with van der Waals surface area (Å²) in [6.07, 6.45) is 3.06. The van der Waals surface area contributed by atoms with E-state index in [1.165, 1.54) is 48.6 Å². The van der Waals surface area contributed by atoms with Gasteiger partial charge in [-0.3, -0.25) is 33.3 Å². The molecule has 0 fully saturated rings. The fourth-order valence-electron chi connectivity index (χ4n) is 3.42. The zero-order valence-electron chi connectivity index (χ0n) is 25.7. The predicted octanol–water partition coefficient (Wildman–Crippen LogP) is 1.52. The van der Waals surface area contributed by atoms with E-state index in [1.54, 1.807) is 40.9 Å². The summed E-state index contributed by atoms with van der Waals surface area (Å²) in [6.45, 7) is 13.4. The lowest BCUT2D eigenvalue weighted by Crippen LogP contribution is -2.37. The first-order valence-corrected chi connectivity index (χ1v) is 13.4. The third kappa shape index (κ3) is 9.91. The number of H-pyrrole nitrogens is 1. The van der Waals surface area contributed by atoms with E-state index in [-0.39, 0.29) is 33.2 Å². The zero-order valence-corrected chi connectivity index (χ0v) is 27.2. The molecule has 0 spiro atoms. The van der Waals surface area contributed by atoms with Gasteiger partial charge < -0.3 is 20.0 Å². The molecule has 0 aliphatic rings. The standard InChI is InChI=1S/C7H4Cl2N2.C7H8N2O3.2C7H10N2O2/c1-4-3-5(10-2)7(9)11-6(4)8;1-3-2-4(5(8)10)7(12)9-6(3)11;2*1-5-4-8(2)7(11)9(3)6(5)10/h3H,1H3;2H,1H3,(H2,8,10)(H2,9,11,12);2*4H,1-3H3. The second-order valence-electron chi connectivity index (χ2n) is 9.57. The number of hydrogen-bond acceptors (Lipinski definition) is 8. The average molecular weight is 664 g/mol. The minimum Gasteiger partial charge on any atom is -0.494 e. The second-order valence-corrected chi connectivity index (χ2v) is 10.3. The van der Waals surface area contributed by atoms with E-state index in [0.29, 0.717) is 27.5 Å². The number of aromatic hydroxyl groups is 1. The number of rotatable bonds is 1. The van der Waals surface area contributed by atoms with Gasteiger partial charge in [0.2, 0.25) is 11.6 Å². The van der Waals surface area contributed by atoms with Gasteiger partial charge in [-0.15, -0.1) is 0 Å². The van der Waals surface area contributed by atoms with Gasteiger partial charge in [-0.2, -0.15) is 0 Å². The van der Waals surface area contributed by atoms with E-state index in [0.717, 1.165) is 14.7 Å². The van der Waals surface area contributed by atoms with Crippen molar-refractivity contribution in [1.29, 1.82) is 0 Å². The highest BCUT2D eigenvalue weighted by Gasteiger charge is 2.09. The number of aryl methyl sites for hydroxylation is 6. The topological polar surface area (TPSA) is 201 Å². The summed E-state index contributed by atoms with van der Waals surface area (Å²) < 4.78 is 4.96. The van der Waals surface area contributed by atoms with Crippen molar-refractivity contribution < 1.29 is 9.90 Å². The minimum atomic E-state index is -0.771. The van der Waals surface area contributed by atoms with Crippen molar-refractivity contribution in [2.75, 3.05) is 0 Å². The highest BCUT2D eigenvalue weighted by atomic mass is 35.5. The molecular formula is C28H32Cl2N8O7. The smallest absolute Gasteiger partial charge is 0.330 e. The molecule has 0 radical (unpaired) electrons. The van der Waals surface area contributed by atoms with Gasteiger partial charge in [0.15, 0.2) is 0 Å². The molecule has 0 saturated heterocycles. The van der Waals surface area contributed by atoms with Crippen LogP contribution in [-0.2, 0) is 28.2 Å². The normalized spacial score (nSPS) is 9.80. The van der Waals surface area contributed by atoms with Gasteiger partial charge in [0.05, 0.1) is 12.1 Å². The van der Waals surface area contributed by atoms with Crippen LogP contribution in [0, 0.1) is 34.3 Å². The summed E-state index contributed by atoms with van der Waals surface area (Å²) in [7, 11) is 6.18. The van der Waals surface area contributed by atoms with Crippen molar-refractivity contribution in [3.63, 3.8) is 0 Å². The molecule has 0 bridgehead atoms. The second kappa shape index (κ2) is 16.0. The monoisotopic (exact) mass is 662 g/mol. The molecule has 0 atom stereocenters. The molecule has 0 aromatic carbocycles. The van der Waals surface area contributed by atoms with Gasteiger partial charge >= 0.3 is 11.4 Å². The first-order valence-electron chi connectivity index (χ1n) is 12.6. The van der Waals surface area contributed by atoms with Gasteiger partial charge in [0, 0.05) is 57.3 Å². The molecule has 0 saturated carbocycles. The SMILES string of the molecule is Cc1cc(C(N)=O)c(O)[nH]c1=O.Cc1cn(C)c(=O)n(C)c1=O.Cc1cn(C)c(=O)n(C)c1=O.[C-]#[N+]c1cc(C)c(Cl)nc1Cl. The Kier molecular flexibility index (Phi) is 13.5. The number of nitrogens with zero attached hydrogens (tertiary/aromatic N) is 6. The third-order valence-corrected chi connectivity index (χ3v) is 6.57. The molecule has 1 amide bonds. The number of halogens is 2. The van der Waals surface area contributed by atoms with Crippen molar-refractivity contribution in [2.45, 2.75) is 27.7 Å². The maximum absolute atomic E-state index is 11.1. The van der Waals surface area contributed by atoms with Gasteiger partial charge in [0.25, 0.3) is 22.6 Å². The molecule has 4 rings (SSSR count). The maximum Gasteiger partial charge on any atom is 0.330 e. The largest absolute Gasteiger partial charge is 0.494 e. The predicted molar refractivity (Wildman–Crippen MR) is 171 cm³/mol. The van der Waals surface area contributed by atoms with E-state index >= 15 is 0 Å². The minimum absolute atomic E-state index is 0.0768. The van der Waals surface area contributed by atoms with Gasteiger partial charge in [-0.05, 0) is 45.4 Å². The number of pyridine rings is 2. The third-order valence-electron chi connectivity index (χ3n) is 5.91. The van der Waals surface area contributed by atoms with Crippen molar-refractivity contribution in [3.05, 3.63) is 126 Å². The van der Waals surface area contributed by atoms with Crippen LogP contribution in [0.25, 0.3) is 4.85 Å². The van der Waals surface area contributed by atoms with Crippen molar-refractivity contribution in [2.24, 2.45) is 33.9 Å². The molecular weight excluding hydrogens is 631 g/mol. The van der Waals surface area contributed by atoms with Crippen LogP contribution < -0.4 is 33.8 Å². The summed E-state index contributed by atoms with van der Waals surface area (Å²) >= 11 is 11.2. The van der Waals surface area contributed by atoms with Crippen LogP contribution in [0.4, 0.5) is 5.69 Å².